The molecule has 1 aliphatic heterocycles. The van der Waals surface area contributed by atoms with Crippen molar-refractivity contribution < 1.29 is 22.7 Å². The molecule has 1 saturated carbocycles. The third kappa shape index (κ3) is 3.83. The van der Waals surface area contributed by atoms with Gasteiger partial charge in [-0.05, 0) is 49.9 Å². The van der Waals surface area contributed by atoms with Crippen LogP contribution in [0.15, 0.2) is 24.3 Å². The predicted octanol–water partition coefficient (Wildman–Crippen LogP) is 2.90. The van der Waals surface area contributed by atoms with Crippen LogP contribution in [0.3, 0.4) is 0 Å². The number of carbonyl (C=O) groups excluding carboxylic acids is 1. The molecule has 1 aromatic rings. The van der Waals surface area contributed by atoms with Crippen LogP contribution in [0.4, 0.5) is 13.2 Å². The van der Waals surface area contributed by atoms with Gasteiger partial charge in [-0.25, -0.2) is 0 Å². The maximum Gasteiger partial charge on any atom is 0.573 e. The van der Waals surface area contributed by atoms with Crippen LogP contribution in [0.2, 0.25) is 0 Å². The molecule has 1 saturated heterocycles. The van der Waals surface area contributed by atoms with Crippen LogP contribution in [0.25, 0.3) is 0 Å². The van der Waals surface area contributed by atoms with Gasteiger partial charge in [0.05, 0.1) is 0 Å². The molecule has 1 amide bonds. The van der Waals surface area contributed by atoms with Crippen molar-refractivity contribution in [2.24, 2.45) is 5.92 Å². The minimum Gasteiger partial charge on any atom is -0.405 e. The first kappa shape index (κ1) is 17.1. The summed E-state index contributed by atoms with van der Waals surface area (Å²) in [5.74, 6) is -0.619. The fourth-order valence-corrected chi connectivity index (χ4v) is 3.45. The van der Waals surface area contributed by atoms with Gasteiger partial charge in [-0.15, -0.1) is 13.2 Å². The van der Waals surface area contributed by atoms with Gasteiger partial charge in [-0.2, -0.15) is 0 Å². The van der Waals surface area contributed by atoms with Crippen LogP contribution in [0, 0.1) is 5.92 Å². The summed E-state index contributed by atoms with van der Waals surface area (Å²) in [4.78, 5) is 14.4. The molecule has 4 nitrogen and oxygen atoms in total. The van der Waals surface area contributed by atoms with Crippen molar-refractivity contribution in [1.82, 2.24) is 10.2 Å². The number of halogens is 3. The van der Waals surface area contributed by atoms with Crippen LogP contribution in [-0.4, -0.2) is 43.3 Å². The standard InChI is InChI=1S/C17H21F3N2O2/c1-22(11-6-8-21-9-7-11)16(23)14-10-13(14)12-4-2-3-5-15(12)24-17(18,19)20/h2-5,11,13-14,21H,6-10H2,1H3. The first-order valence-corrected chi connectivity index (χ1v) is 8.19. The maximum atomic E-state index is 12.6. The quantitative estimate of drug-likeness (QED) is 0.915. The fourth-order valence-electron chi connectivity index (χ4n) is 3.45. The van der Waals surface area contributed by atoms with Crippen molar-refractivity contribution in [3.63, 3.8) is 0 Å². The molecule has 24 heavy (non-hydrogen) atoms. The first-order valence-electron chi connectivity index (χ1n) is 8.19. The Kier molecular flexibility index (Phi) is 4.71. The van der Waals surface area contributed by atoms with Crippen molar-refractivity contribution >= 4 is 5.91 Å². The molecule has 2 fully saturated rings. The van der Waals surface area contributed by atoms with E-state index in [0.717, 1.165) is 25.9 Å². The number of ether oxygens (including phenoxy) is 1. The number of piperidine rings is 1. The minimum absolute atomic E-state index is 0.0220. The topological polar surface area (TPSA) is 41.6 Å². The molecular weight excluding hydrogens is 321 g/mol. The van der Waals surface area contributed by atoms with E-state index >= 15 is 0 Å². The van der Waals surface area contributed by atoms with Gasteiger partial charge in [0.2, 0.25) is 5.91 Å². The van der Waals surface area contributed by atoms with Gasteiger partial charge >= 0.3 is 6.36 Å². The largest absolute Gasteiger partial charge is 0.573 e. The molecule has 132 valence electrons. The number of amides is 1. The Labute approximate surface area is 139 Å². The van der Waals surface area contributed by atoms with Gasteiger partial charge in [-0.3, -0.25) is 4.79 Å². The van der Waals surface area contributed by atoms with Gasteiger partial charge in [0.25, 0.3) is 0 Å². The van der Waals surface area contributed by atoms with Crippen LogP contribution in [0.5, 0.6) is 5.75 Å². The summed E-state index contributed by atoms with van der Waals surface area (Å²) < 4.78 is 41.7. The molecule has 2 atom stereocenters. The Balaban J connectivity index is 1.67. The highest BCUT2D eigenvalue weighted by Gasteiger charge is 2.48. The first-order chi connectivity index (χ1) is 11.4. The molecule has 1 N–H and O–H groups in total. The number of para-hydroxylation sites is 1. The number of hydrogen-bond donors (Lipinski definition) is 1. The monoisotopic (exact) mass is 342 g/mol. The summed E-state index contributed by atoms with van der Waals surface area (Å²) in [6.45, 7) is 1.78. The molecule has 3 rings (SSSR count). The summed E-state index contributed by atoms with van der Waals surface area (Å²) in [6.07, 6.45) is -2.33. The minimum atomic E-state index is -4.73. The van der Waals surface area contributed by atoms with Crippen molar-refractivity contribution in [2.75, 3.05) is 20.1 Å². The lowest BCUT2D eigenvalue weighted by Crippen LogP contribution is -2.44. The second kappa shape index (κ2) is 6.63. The summed E-state index contributed by atoms with van der Waals surface area (Å²) in [7, 11) is 1.80. The average molecular weight is 342 g/mol. The van der Waals surface area contributed by atoms with Crippen molar-refractivity contribution in [3.05, 3.63) is 29.8 Å². The van der Waals surface area contributed by atoms with E-state index in [1.165, 1.54) is 12.1 Å². The Morgan fingerprint density at radius 1 is 1.25 bits per heavy atom. The Morgan fingerprint density at radius 2 is 1.92 bits per heavy atom. The molecular formula is C17H21F3N2O2. The molecule has 2 unspecified atom stereocenters. The average Bonchev–Trinajstić information content (AvgIpc) is 3.34. The van der Waals surface area contributed by atoms with Crippen molar-refractivity contribution in [3.8, 4) is 5.75 Å². The van der Waals surface area contributed by atoms with Crippen LogP contribution < -0.4 is 10.1 Å². The van der Waals surface area contributed by atoms with Crippen molar-refractivity contribution in [2.45, 2.75) is 37.6 Å². The lowest BCUT2D eigenvalue weighted by Gasteiger charge is -2.32. The van der Waals surface area contributed by atoms with Gasteiger partial charge < -0.3 is 15.0 Å². The SMILES string of the molecule is CN(C(=O)C1CC1c1ccccc1OC(F)(F)F)C1CCNCC1. The van der Waals surface area contributed by atoms with E-state index in [4.69, 9.17) is 0 Å². The van der Waals surface area contributed by atoms with E-state index < -0.39 is 6.36 Å². The number of hydrogen-bond acceptors (Lipinski definition) is 3. The van der Waals surface area contributed by atoms with Crippen molar-refractivity contribution in [1.29, 1.82) is 0 Å². The summed E-state index contributed by atoms with van der Waals surface area (Å²) in [5.41, 5.74) is 0.465. The second-order valence-electron chi connectivity index (χ2n) is 6.46. The fraction of sp³-hybridized carbons (Fsp3) is 0.588. The molecule has 0 spiro atoms. The maximum absolute atomic E-state index is 12.6. The third-order valence-electron chi connectivity index (χ3n) is 4.86. The lowest BCUT2D eigenvalue weighted by molar-refractivity contribution is -0.274. The number of nitrogens with zero attached hydrogens (tertiary/aromatic N) is 1. The molecule has 2 aliphatic rings. The third-order valence-corrected chi connectivity index (χ3v) is 4.86. The zero-order chi connectivity index (χ0) is 17.3. The Bertz CT molecular complexity index is 600. The molecule has 0 bridgehead atoms. The Morgan fingerprint density at radius 3 is 2.58 bits per heavy atom. The normalized spacial score (nSPS) is 24.5. The molecule has 1 aliphatic carbocycles. The van der Waals surface area contributed by atoms with Crippen LogP contribution in [0.1, 0.15) is 30.7 Å². The zero-order valence-electron chi connectivity index (χ0n) is 13.5. The van der Waals surface area contributed by atoms with E-state index in [1.807, 2.05) is 0 Å². The van der Waals surface area contributed by atoms with Crippen LogP contribution >= 0.6 is 0 Å². The summed E-state index contributed by atoms with van der Waals surface area (Å²) in [5, 5.41) is 3.26. The molecule has 0 aromatic heterocycles. The Hall–Kier alpha value is -1.76. The zero-order valence-corrected chi connectivity index (χ0v) is 13.5. The second-order valence-corrected chi connectivity index (χ2v) is 6.46. The van der Waals surface area contributed by atoms with Gasteiger partial charge in [0.1, 0.15) is 5.75 Å². The lowest BCUT2D eigenvalue weighted by atomic mass is 10.0. The van der Waals surface area contributed by atoms with Gasteiger partial charge in [-0.1, -0.05) is 18.2 Å². The highest BCUT2D eigenvalue weighted by atomic mass is 19.4. The highest BCUT2D eigenvalue weighted by Crippen LogP contribution is 2.51. The van der Waals surface area contributed by atoms with E-state index in [1.54, 1.807) is 24.1 Å². The number of benzene rings is 1. The molecule has 1 aromatic carbocycles. The summed E-state index contributed by atoms with van der Waals surface area (Å²) >= 11 is 0. The van der Waals surface area contributed by atoms with Gasteiger partial charge in [0.15, 0.2) is 0 Å². The number of rotatable bonds is 4. The van der Waals surface area contributed by atoms with Crippen LogP contribution in [-0.2, 0) is 4.79 Å². The predicted molar refractivity (Wildman–Crippen MR) is 82.6 cm³/mol. The number of carbonyl (C=O) groups is 1. The van der Waals surface area contributed by atoms with E-state index in [-0.39, 0.29) is 29.5 Å². The number of nitrogens with one attached hydrogen (secondary N) is 1. The molecule has 0 radical (unpaired) electrons. The van der Waals surface area contributed by atoms with E-state index in [0.29, 0.717) is 12.0 Å². The van der Waals surface area contributed by atoms with E-state index in [9.17, 15) is 18.0 Å². The molecule has 7 heteroatoms. The van der Waals surface area contributed by atoms with Gasteiger partial charge in [0, 0.05) is 19.0 Å². The summed E-state index contributed by atoms with van der Waals surface area (Å²) in [6, 6.07) is 6.31. The smallest absolute Gasteiger partial charge is 0.405 e. The molecule has 1 heterocycles. The highest BCUT2D eigenvalue weighted by molar-refractivity contribution is 5.83. The van der Waals surface area contributed by atoms with E-state index in [2.05, 4.69) is 10.1 Å². The number of alkyl halides is 3.